The molecule has 21 heavy (non-hydrogen) atoms. The van der Waals surface area contributed by atoms with Crippen molar-refractivity contribution >= 4 is 27.5 Å². The second kappa shape index (κ2) is 5.25. The van der Waals surface area contributed by atoms with Gasteiger partial charge < -0.3 is 10.7 Å². The van der Waals surface area contributed by atoms with Crippen LogP contribution in [0.1, 0.15) is 5.56 Å². The maximum Gasteiger partial charge on any atom is 0.197 e. The number of halogens is 2. The molecular formula is C14H11F2N3OS. The topological polar surface area (TPSA) is 71.8 Å². The minimum absolute atomic E-state index is 0.0494. The van der Waals surface area contributed by atoms with Crippen molar-refractivity contribution in [2.45, 2.75) is 10.9 Å². The van der Waals surface area contributed by atoms with Gasteiger partial charge in [-0.1, -0.05) is 12.1 Å². The molecule has 1 aromatic heterocycles. The van der Waals surface area contributed by atoms with Gasteiger partial charge in [0.25, 0.3) is 0 Å². The number of rotatable bonds is 3. The SMILES string of the molecule is Nc1ccc2nc(S(=O)Cc3cccc(F)c3F)[nH]c2c1. The number of imidazole rings is 1. The van der Waals surface area contributed by atoms with E-state index in [4.69, 9.17) is 5.73 Å². The molecule has 108 valence electrons. The number of H-pyrrole nitrogens is 1. The summed E-state index contributed by atoms with van der Waals surface area (Å²) in [5, 5.41) is 0.208. The lowest BCUT2D eigenvalue weighted by molar-refractivity contribution is 0.502. The number of aromatic nitrogens is 2. The van der Waals surface area contributed by atoms with Crippen LogP contribution in [-0.4, -0.2) is 14.2 Å². The Hall–Kier alpha value is -2.28. The van der Waals surface area contributed by atoms with Crippen LogP contribution in [0.25, 0.3) is 11.0 Å². The molecule has 0 amide bonds. The maximum absolute atomic E-state index is 13.6. The average molecular weight is 307 g/mol. The number of hydrogen-bond acceptors (Lipinski definition) is 3. The molecule has 1 unspecified atom stereocenters. The van der Waals surface area contributed by atoms with E-state index in [0.717, 1.165) is 6.07 Å². The van der Waals surface area contributed by atoms with Crippen LogP contribution in [0.3, 0.4) is 0 Å². The molecule has 0 aliphatic heterocycles. The van der Waals surface area contributed by atoms with Crippen molar-refractivity contribution in [2.24, 2.45) is 0 Å². The highest BCUT2D eigenvalue weighted by Crippen LogP contribution is 2.19. The summed E-state index contributed by atoms with van der Waals surface area (Å²) in [7, 11) is -1.61. The van der Waals surface area contributed by atoms with E-state index in [1.165, 1.54) is 12.1 Å². The summed E-state index contributed by atoms with van der Waals surface area (Å²) >= 11 is 0. The molecule has 0 saturated carbocycles. The van der Waals surface area contributed by atoms with E-state index in [9.17, 15) is 13.0 Å². The first-order valence-corrected chi connectivity index (χ1v) is 7.43. The van der Waals surface area contributed by atoms with Crippen molar-refractivity contribution in [2.75, 3.05) is 5.73 Å². The van der Waals surface area contributed by atoms with Gasteiger partial charge in [-0.15, -0.1) is 0 Å². The fourth-order valence-electron chi connectivity index (χ4n) is 1.98. The first kappa shape index (κ1) is 13.7. The summed E-state index contributed by atoms with van der Waals surface area (Å²) in [5.74, 6) is -2.09. The Balaban J connectivity index is 1.91. The molecule has 7 heteroatoms. The van der Waals surface area contributed by atoms with Crippen molar-refractivity contribution in [3.8, 4) is 0 Å². The quantitative estimate of drug-likeness (QED) is 0.731. The zero-order chi connectivity index (χ0) is 15.0. The van der Waals surface area contributed by atoms with Gasteiger partial charge in [0.1, 0.15) is 0 Å². The average Bonchev–Trinajstić information content (AvgIpc) is 2.87. The lowest BCUT2D eigenvalue weighted by Crippen LogP contribution is -2.02. The minimum Gasteiger partial charge on any atom is -0.399 e. The van der Waals surface area contributed by atoms with E-state index < -0.39 is 22.4 Å². The Morgan fingerprint density at radius 1 is 1.24 bits per heavy atom. The lowest BCUT2D eigenvalue weighted by atomic mass is 10.2. The largest absolute Gasteiger partial charge is 0.399 e. The fourth-order valence-corrected chi connectivity index (χ4v) is 3.05. The summed E-state index contributed by atoms with van der Waals surface area (Å²) in [5.41, 5.74) is 7.53. The van der Waals surface area contributed by atoms with Gasteiger partial charge in [-0.2, -0.15) is 0 Å². The molecule has 4 nitrogen and oxygen atoms in total. The van der Waals surface area contributed by atoms with Gasteiger partial charge in [0, 0.05) is 11.3 Å². The van der Waals surface area contributed by atoms with Gasteiger partial charge in [0.2, 0.25) is 0 Å². The van der Waals surface area contributed by atoms with Gasteiger partial charge in [0.05, 0.1) is 27.6 Å². The number of anilines is 1. The minimum atomic E-state index is -1.61. The normalized spacial score (nSPS) is 12.7. The molecular weight excluding hydrogens is 296 g/mol. The third-order valence-corrected chi connectivity index (χ3v) is 4.22. The number of fused-ring (bicyclic) bond motifs is 1. The highest BCUT2D eigenvalue weighted by atomic mass is 32.2. The number of nitrogens with two attached hydrogens (primary N) is 1. The van der Waals surface area contributed by atoms with E-state index in [1.807, 2.05) is 0 Å². The molecule has 0 spiro atoms. The molecule has 0 fully saturated rings. The molecule has 0 bridgehead atoms. The van der Waals surface area contributed by atoms with Gasteiger partial charge >= 0.3 is 0 Å². The van der Waals surface area contributed by atoms with E-state index in [1.54, 1.807) is 18.2 Å². The van der Waals surface area contributed by atoms with Crippen molar-refractivity contribution < 1.29 is 13.0 Å². The van der Waals surface area contributed by atoms with Gasteiger partial charge in [0.15, 0.2) is 16.8 Å². The smallest absolute Gasteiger partial charge is 0.197 e. The predicted octanol–water partition coefficient (Wildman–Crippen LogP) is 2.73. The van der Waals surface area contributed by atoms with Crippen LogP contribution in [0.15, 0.2) is 41.6 Å². The molecule has 0 aliphatic rings. The Bertz CT molecular complexity index is 847. The second-order valence-electron chi connectivity index (χ2n) is 4.52. The predicted molar refractivity (Wildman–Crippen MR) is 77.0 cm³/mol. The zero-order valence-electron chi connectivity index (χ0n) is 10.8. The Morgan fingerprint density at radius 3 is 2.86 bits per heavy atom. The first-order chi connectivity index (χ1) is 10.0. The number of nitrogen functional groups attached to an aromatic ring is 1. The van der Waals surface area contributed by atoms with Crippen molar-refractivity contribution in [3.05, 3.63) is 53.6 Å². The van der Waals surface area contributed by atoms with Crippen LogP contribution in [0, 0.1) is 11.6 Å². The van der Waals surface area contributed by atoms with Crippen LogP contribution in [-0.2, 0) is 16.6 Å². The van der Waals surface area contributed by atoms with Crippen LogP contribution >= 0.6 is 0 Å². The number of nitrogens with zero attached hydrogens (tertiary/aromatic N) is 1. The highest BCUT2D eigenvalue weighted by Gasteiger charge is 2.15. The highest BCUT2D eigenvalue weighted by molar-refractivity contribution is 7.84. The standard InChI is InChI=1S/C14H11F2N3OS/c15-10-3-1-2-8(13(10)16)7-21(20)14-18-11-5-4-9(17)6-12(11)19-14/h1-6H,7,17H2,(H,18,19). The Morgan fingerprint density at radius 2 is 2.05 bits per heavy atom. The third-order valence-electron chi connectivity index (χ3n) is 3.02. The van der Waals surface area contributed by atoms with Gasteiger partial charge in [-0.25, -0.2) is 13.8 Å². The van der Waals surface area contributed by atoms with Crippen molar-refractivity contribution in [3.63, 3.8) is 0 Å². The van der Waals surface area contributed by atoms with E-state index in [-0.39, 0.29) is 16.5 Å². The monoisotopic (exact) mass is 307 g/mol. The van der Waals surface area contributed by atoms with E-state index >= 15 is 0 Å². The molecule has 0 radical (unpaired) electrons. The Kier molecular flexibility index (Phi) is 3.42. The van der Waals surface area contributed by atoms with E-state index in [0.29, 0.717) is 16.7 Å². The molecule has 0 aliphatic carbocycles. The summed E-state index contributed by atoms with van der Waals surface area (Å²) in [6, 6.07) is 8.85. The first-order valence-electron chi connectivity index (χ1n) is 6.11. The van der Waals surface area contributed by atoms with Crippen molar-refractivity contribution in [1.29, 1.82) is 0 Å². The lowest BCUT2D eigenvalue weighted by Gasteiger charge is -2.02. The van der Waals surface area contributed by atoms with Gasteiger partial charge in [-0.05, 0) is 24.3 Å². The Labute approximate surface area is 121 Å². The molecule has 1 atom stereocenters. The summed E-state index contributed by atoms with van der Waals surface area (Å²) in [6.07, 6.45) is 0. The number of nitrogens with one attached hydrogen (secondary N) is 1. The molecule has 2 aromatic carbocycles. The molecule has 3 aromatic rings. The van der Waals surface area contributed by atoms with Crippen LogP contribution in [0.2, 0.25) is 0 Å². The fraction of sp³-hybridized carbons (Fsp3) is 0.0714. The second-order valence-corrected chi connectivity index (χ2v) is 5.89. The van der Waals surface area contributed by atoms with Crippen LogP contribution in [0.5, 0.6) is 0 Å². The number of benzene rings is 2. The summed E-state index contributed by atoms with van der Waals surface area (Å²) in [4.78, 5) is 7.06. The van der Waals surface area contributed by atoms with Gasteiger partial charge in [-0.3, -0.25) is 4.21 Å². The molecule has 1 heterocycles. The molecule has 0 saturated heterocycles. The summed E-state index contributed by atoms with van der Waals surface area (Å²) in [6.45, 7) is 0. The zero-order valence-corrected chi connectivity index (χ0v) is 11.6. The van der Waals surface area contributed by atoms with Crippen molar-refractivity contribution in [1.82, 2.24) is 9.97 Å². The molecule has 3 rings (SSSR count). The number of aromatic amines is 1. The van der Waals surface area contributed by atoms with Crippen LogP contribution < -0.4 is 5.73 Å². The van der Waals surface area contributed by atoms with Crippen LogP contribution in [0.4, 0.5) is 14.5 Å². The number of hydrogen-bond donors (Lipinski definition) is 2. The molecule has 3 N–H and O–H groups in total. The van der Waals surface area contributed by atoms with E-state index in [2.05, 4.69) is 9.97 Å². The third kappa shape index (κ3) is 2.64. The summed E-state index contributed by atoms with van der Waals surface area (Å²) < 4.78 is 38.9. The maximum atomic E-state index is 13.6.